The first-order chi connectivity index (χ1) is 9.11. The van der Waals surface area contributed by atoms with Gasteiger partial charge in [0, 0.05) is 24.0 Å². The van der Waals surface area contributed by atoms with Crippen LogP contribution in [-0.2, 0) is 11.3 Å². The van der Waals surface area contributed by atoms with Gasteiger partial charge in [-0.2, -0.15) is 0 Å². The van der Waals surface area contributed by atoms with Crippen molar-refractivity contribution in [3.63, 3.8) is 0 Å². The van der Waals surface area contributed by atoms with Crippen molar-refractivity contribution >= 4 is 45.1 Å². The third-order valence-corrected chi connectivity index (χ3v) is 3.69. The molecule has 2 N–H and O–H groups in total. The molecule has 0 saturated heterocycles. The molecule has 0 saturated carbocycles. The van der Waals surface area contributed by atoms with E-state index < -0.39 is 0 Å². The lowest BCUT2D eigenvalue weighted by molar-refractivity contribution is -0.121. The molecule has 0 fully saturated rings. The number of hydrogen-bond donors (Lipinski definition) is 2. The molecule has 0 bridgehead atoms. The van der Waals surface area contributed by atoms with E-state index in [0.717, 1.165) is 28.5 Å². The summed E-state index contributed by atoms with van der Waals surface area (Å²) in [4.78, 5) is 14.8. The topological polar surface area (TPSA) is 49.8 Å². The van der Waals surface area contributed by atoms with E-state index in [9.17, 15) is 4.79 Å². The summed E-state index contributed by atoms with van der Waals surface area (Å²) >= 11 is 8.75. The average molecular weight is 342 g/mol. The monoisotopic (exact) mass is 341 g/mol. The Morgan fingerprint density at radius 1 is 1.53 bits per heavy atom. The van der Waals surface area contributed by atoms with Gasteiger partial charge >= 0.3 is 0 Å². The number of H-pyrrole nitrogens is 1. The van der Waals surface area contributed by atoms with Crippen molar-refractivity contribution < 1.29 is 4.79 Å². The third kappa shape index (κ3) is 3.45. The van der Waals surface area contributed by atoms with Crippen LogP contribution in [0.25, 0.3) is 11.0 Å². The van der Waals surface area contributed by atoms with Crippen molar-refractivity contribution in [2.75, 3.05) is 6.54 Å². The number of nitrogens with zero attached hydrogens (tertiary/aromatic N) is 1. The Bertz CT molecular complexity index is 647. The fourth-order valence-electron chi connectivity index (χ4n) is 1.91. The molecule has 0 atom stereocenters. The Labute approximate surface area is 125 Å². The van der Waals surface area contributed by atoms with Gasteiger partial charge in [-0.3, -0.25) is 4.79 Å². The van der Waals surface area contributed by atoms with Crippen LogP contribution < -0.4 is 5.32 Å². The van der Waals surface area contributed by atoms with E-state index in [2.05, 4.69) is 26.2 Å². The molecule has 4 nitrogen and oxygen atoms in total. The number of nitrogens with one attached hydrogen (secondary N) is 2. The van der Waals surface area contributed by atoms with Crippen LogP contribution in [0.15, 0.2) is 22.7 Å². The number of benzene rings is 1. The molecule has 0 aliphatic carbocycles. The molecule has 6 heteroatoms. The number of fused-ring (bicyclic) bond motifs is 1. The van der Waals surface area contributed by atoms with E-state index in [-0.39, 0.29) is 5.91 Å². The number of aromatic amines is 1. The van der Waals surface area contributed by atoms with Gasteiger partial charge in [0.05, 0.1) is 11.0 Å². The van der Waals surface area contributed by atoms with Crippen LogP contribution in [0, 0.1) is 4.77 Å². The fourth-order valence-corrected chi connectivity index (χ4v) is 2.56. The van der Waals surface area contributed by atoms with Crippen LogP contribution in [0.4, 0.5) is 0 Å². The summed E-state index contributed by atoms with van der Waals surface area (Å²) in [6.45, 7) is 3.35. The standard InChI is InChI=1S/C13H16BrN3OS/c1-2-6-15-12(18)5-7-17-11-8-9(14)3-4-10(11)16-13(17)19/h3-4,8H,2,5-7H2,1H3,(H,15,18)(H,16,19). The van der Waals surface area contributed by atoms with Gasteiger partial charge in [-0.15, -0.1) is 0 Å². The second-order valence-corrected chi connectivity index (χ2v) is 5.65. The molecular formula is C13H16BrN3OS. The molecule has 0 aliphatic heterocycles. The molecule has 19 heavy (non-hydrogen) atoms. The zero-order chi connectivity index (χ0) is 13.8. The number of rotatable bonds is 5. The summed E-state index contributed by atoms with van der Waals surface area (Å²) in [6.07, 6.45) is 1.39. The highest BCUT2D eigenvalue weighted by Crippen LogP contribution is 2.19. The van der Waals surface area contributed by atoms with Gasteiger partial charge in [-0.05, 0) is 36.8 Å². The first-order valence-electron chi connectivity index (χ1n) is 6.26. The van der Waals surface area contributed by atoms with Crippen molar-refractivity contribution in [1.29, 1.82) is 0 Å². The zero-order valence-electron chi connectivity index (χ0n) is 10.7. The summed E-state index contributed by atoms with van der Waals surface area (Å²) in [6, 6.07) is 5.94. The Kier molecular flexibility index (Phi) is 4.76. The predicted molar refractivity (Wildman–Crippen MR) is 82.7 cm³/mol. The van der Waals surface area contributed by atoms with Gasteiger partial charge in [0.25, 0.3) is 0 Å². The number of amides is 1. The van der Waals surface area contributed by atoms with Crippen LogP contribution >= 0.6 is 28.1 Å². The van der Waals surface area contributed by atoms with Gasteiger partial charge in [0.1, 0.15) is 0 Å². The molecule has 2 rings (SSSR count). The summed E-state index contributed by atoms with van der Waals surface area (Å²) in [5.74, 6) is 0.0631. The minimum atomic E-state index is 0.0631. The van der Waals surface area contributed by atoms with E-state index in [1.54, 1.807) is 0 Å². The number of halogens is 1. The van der Waals surface area contributed by atoms with Crippen LogP contribution in [0.3, 0.4) is 0 Å². The summed E-state index contributed by atoms with van der Waals surface area (Å²) < 4.78 is 3.61. The van der Waals surface area contributed by atoms with Crippen molar-refractivity contribution in [2.24, 2.45) is 0 Å². The summed E-state index contributed by atoms with van der Waals surface area (Å²) in [5.41, 5.74) is 2.00. The molecule has 1 amide bonds. The van der Waals surface area contributed by atoms with Crippen LogP contribution in [0.1, 0.15) is 19.8 Å². The first kappa shape index (κ1) is 14.3. The molecular weight excluding hydrogens is 326 g/mol. The Morgan fingerprint density at radius 3 is 3.05 bits per heavy atom. The van der Waals surface area contributed by atoms with E-state index in [4.69, 9.17) is 12.2 Å². The number of aryl methyl sites for hydroxylation is 1. The molecule has 0 spiro atoms. The van der Waals surface area contributed by atoms with E-state index >= 15 is 0 Å². The van der Waals surface area contributed by atoms with Gasteiger partial charge in [-0.1, -0.05) is 22.9 Å². The van der Waals surface area contributed by atoms with Crippen LogP contribution in [0.2, 0.25) is 0 Å². The molecule has 1 aromatic carbocycles. The second-order valence-electron chi connectivity index (χ2n) is 4.34. The average Bonchev–Trinajstić information content (AvgIpc) is 2.69. The summed E-state index contributed by atoms with van der Waals surface area (Å²) in [7, 11) is 0. The highest BCUT2D eigenvalue weighted by atomic mass is 79.9. The first-order valence-corrected chi connectivity index (χ1v) is 7.46. The van der Waals surface area contributed by atoms with Crippen molar-refractivity contribution in [2.45, 2.75) is 26.3 Å². The summed E-state index contributed by atoms with van der Waals surface area (Å²) in [5, 5.41) is 2.87. The van der Waals surface area contributed by atoms with Crippen LogP contribution in [-0.4, -0.2) is 22.0 Å². The third-order valence-electron chi connectivity index (χ3n) is 2.87. The molecule has 102 valence electrons. The van der Waals surface area contributed by atoms with Crippen molar-refractivity contribution in [3.8, 4) is 0 Å². The fraction of sp³-hybridized carbons (Fsp3) is 0.385. The highest BCUT2D eigenvalue weighted by Gasteiger charge is 2.07. The number of aromatic nitrogens is 2. The van der Waals surface area contributed by atoms with E-state index in [0.29, 0.717) is 17.7 Å². The molecule has 2 aromatic rings. The zero-order valence-corrected chi connectivity index (χ0v) is 13.1. The molecule has 1 aromatic heterocycles. The van der Waals surface area contributed by atoms with Gasteiger partial charge in [0.15, 0.2) is 4.77 Å². The van der Waals surface area contributed by atoms with Crippen LogP contribution in [0.5, 0.6) is 0 Å². The minimum absolute atomic E-state index is 0.0631. The lowest BCUT2D eigenvalue weighted by Crippen LogP contribution is -2.25. The largest absolute Gasteiger partial charge is 0.356 e. The normalized spacial score (nSPS) is 10.8. The second kappa shape index (κ2) is 6.34. The lowest BCUT2D eigenvalue weighted by atomic mass is 10.3. The van der Waals surface area contributed by atoms with E-state index in [1.165, 1.54) is 0 Å². The van der Waals surface area contributed by atoms with Gasteiger partial charge in [0.2, 0.25) is 5.91 Å². The highest BCUT2D eigenvalue weighted by molar-refractivity contribution is 9.10. The molecule has 0 unspecified atom stereocenters. The number of carbonyl (C=O) groups excluding carboxylic acids is 1. The molecule has 0 radical (unpaired) electrons. The van der Waals surface area contributed by atoms with Crippen molar-refractivity contribution in [1.82, 2.24) is 14.9 Å². The Balaban J connectivity index is 2.16. The SMILES string of the molecule is CCCNC(=O)CCn1c(=S)[nH]c2ccc(Br)cc21. The number of imidazole rings is 1. The maximum absolute atomic E-state index is 11.6. The van der Waals surface area contributed by atoms with Gasteiger partial charge in [-0.25, -0.2) is 0 Å². The maximum atomic E-state index is 11.6. The number of hydrogen-bond acceptors (Lipinski definition) is 2. The van der Waals surface area contributed by atoms with Crippen molar-refractivity contribution in [3.05, 3.63) is 27.4 Å². The minimum Gasteiger partial charge on any atom is -0.356 e. The number of carbonyl (C=O) groups is 1. The smallest absolute Gasteiger partial charge is 0.221 e. The maximum Gasteiger partial charge on any atom is 0.221 e. The molecule has 1 heterocycles. The Morgan fingerprint density at radius 2 is 2.32 bits per heavy atom. The quantitative estimate of drug-likeness (QED) is 0.819. The van der Waals surface area contributed by atoms with Gasteiger partial charge < -0.3 is 14.9 Å². The van der Waals surface area contributed by atoms with E-state index in [1.807, 2.05) is 29.7 Å². The lowest BCUT2D eigenvalue weighted by Gasteiger charge is -2.05. The molecule has 0 aliphatic rings. The predicted octanol–water partition coefficient (Wildman–Crippen LogP) is 3.38. The Hall–Kier alpha value is -1.14.